The molecule has 0 saturated heterocycles. The van der Waals surface area contributed by atoms with Crippen LogP contribution >= 0.6 is 22.9 Å². The summed E-state index contributed by atoms with van der Waals surface area (Å²) in [7, 11) is 0. The number of rotatable bonds is 5. The molecule has 0 aliphatic carbocycles. The third-order valence-electron chi connectivity index (χ3n) is 5.11. The Morgan fingerprint density at radius 2 is 1.61 bits per heavy atom. The third-order valence-corrected chi connectivity index (χ3v) is 6.29. The molecule has 5 heteroatoms. The van der Waals surface area contributed by atoms with Crippen LogP contribution in [-0.4, -0.2) is 4.57 Å². The first-order valence-corrected chi connectivity index (χ1v) is 11.1. The molecule has 3 nitrogen and oxygen atoms in total. The average molecular weight is 444 g/mol. The van der Waals surface area contributed by atoms with Gasteiger partial charge in [0.2, 0.25) is 0 Å². The molecule has 152 valence electrons. The van der Waals surface area contributed by atoms with Gasteiger partial charge < -0.3 is 9.30 Å². The topological polar surface area (TPSA) is 31.2 Å². The Morgan fingerprint density at radius 1 is 0.839 bits per heavy atom. The van der Waals surface area contributed by atoms with Crippen LogP contribution in [0.25, 0.3) is 22.0 Å². The maximum atomic E-state index is 13.4. The Bertz CT molecular complexity index is 1390. The summed E-state index contributed by atoms with van der Waals surface area (Å²) in [6.07, 6.45) is 0. The Kier molecular flexibility index (Phi) is 5.33. The molecular weight excluding hydrogens is 426 g/mol. The number of thiophene rings is 1. The Balaban J connectivity index is 1.60. The fraction of sp³-hybridized carbons (Fsp3) is 0.0385. The molecule has 3 aromatic carbocycles. The normalized spacial score (nSPS) is 11.0. The van der Waals surface area contributed by atoms with Gasteiger partial charge in [0.1, 0.15) is 11.5 Å². The van der Waals surface area contributed by atoms with Crippen LogP contribution in [0.15, 0.2) is 101 Å². The lowest BCUT2D eigenvalue weighted by Gasteiger charge is -2.15. The summed E-state index contributed by atoms with van der Waals surface area (Å²) in [6, 6.07) is 29.1. The summed E-state index contributed by atoms with van der Waals surface area (Å²) in [4.78, 5) is 14.5. The Morgan fingerprint density at radius 3 is 2.35 bits per heavy atom. The zero-order valence-corrected chi connectivity index (χ0v) is 18.1. The van der Waals surface area contributed by atoms with Crippen LogP contribution in [0.1, 0.15) is 4.88 Å². The molecule has 5 aromatic rings. The molecule has 31 heavy (non-hydrogen) atoms. The highest BCUT2D eigenvalue weighted by Crippen LogP contribution is 2.29. The van der Waals surface area contributed by atoms with Crippen molar-refractivity contribution in [3.05, 3.63) is 117 Å². The first kappa shape index (κ1) is 19.6. The fourth-order valence-corrected chi connectivity index (χ4v) is 4.58. The van der Waals surface area contributed by atoms with Gasteiger partial charge in [-0.25, -0.2) is 0 Å². The smallest absolute Gasteiger partial charge is 0.260 e. The number of ether oxygens (including phenoxy) is 1. The van der Waals surface area contributed by atoms with E-state index < -0.39 is 0 Å². The zero-order chi connectivity index (χ0) is 21.2. The van der Waals surface area contributed by atoms with E-state index >= 15 is 0 Å². The fourth-order valence-electron chi connectivity index (χ4n) is 3.63. The number of fused-ring (bicyclic) bond motifs is 1. The summed E-state index contributed by atoms with van der Waals surface area (Å²) < 4.78 is 7.71. The van der Waals surface area contributed by atoms with Crippen LogP contribution in [0.2, 0.25) is 5.02 Å². The molecule has 0 amide bonds. The van der Waals surface area contributed by atoms with Crippen molar-refractivity contribution < 1.29 is 4.74 Å². The highest BCUT2D eigenvalue weighted by atomic mass is 35.5. The minimum atomic E-state index is -0.0869. The summed E-state index contributed by atoms with van der Waals surface area (Å²) in [5, 5.41) is 3.87. The summed E-state index contributed by atoms with van der Waals surface area (Å²) in [5.74, 6) is 1.52. The van der Waals surface area contributed by atoms with E-state index in [1.807, 2.05) is 90.3 Å². The zero-order valence-electron chi connectivity index (χ0n) is 16.5. The van der Waals surface area contributed by atoms with Crippen LogP contribution in [0.4, 0.5) is 0 Å². The van der Waals surface area contributed by atoms with Crippen molar-refractivity contribution in [3.8, 4) is 22.8 Å². The molecule has 0 fully saturated rings. The Labute approximate surface area is 188 Å². The van der Waals surface area contributed by atoms with Crippen molar-refractivity contribution in [2.45, 2.75) is 6.54 Å². The lowest BCUT2D eigenvalue weighted by atomic mass is 10.1. The predicted molar refractivity (Wildman–Crippen MR) is 129 cm³/mol. The van der Waals surface area contributed by atoms with Gasteiger partial charge in [0.25, 0.3) is 5.56 Å². The highest BCUT2D eigenvalue weighted by Gasteiger charge is 2.14. The number of para-hydroxylation sites is 1. The van der Waals surface area contributed by atoms with E-state index in [-0.39, 0.29) is 5.56 Å². The van der Waals surface area contributed by atoms with Crippen LogP contribution in [-0.2, 0) is 6.54 Å². The van der Waals surface area contributed by atoms with Gasteiger partial charge in [0, 0.05) is 4.88 Å². The molecule has 2 aromatic heterocycles. The average Bonchev–Trinajstić information content (AvgIpc) is 3.30. The van der Waals surface area contributed by atoms with Gasteiger partial charge in [-0.05, 0) is 70.9 Å². The number of hydrogen-bond acceptors (Lipinski definition) is 3. The number of pyridine rings is 1. The van der Waals surface area contributed by atoms with E-state index in [0.717, 1.165) is 33.0 Å². The van der Waals surface area contributed by atoms with Crippen LogP contribution < -0.4 is 10.3 Å². The van der Waals surface area contributed by atoms with Gasteiger partial charge >= 0.3 is 0 Å². The van der Waals surface area contributed by atoms with E-state index in [2.05, 4.69) is 0 Å². The predicted octanol–water partition coefficient (Wildman–Crippen LogP) is 7.22. The summed E-state index contributed by atoms with van der Waals surface area (Å²) in [5.41, 5.74) is 1.70. The van der Waals surface area contributed by atoms with E-state index in [0.29, 0.717) is 17.0 Å². The molecule has 0 atom stereocenters. The second-order valence-electron chi connectivity index (χ2n) is 7.14. The molecule has 0 unspecified atom stereocenters. The van der Waals surface area contributed by atoms with E-state index in [4.69, 9.17) is 16.3 Å². The van der Waals surface area contributed by atoms with Crippen molar-refractivity contribution in [2.75, 3.05) is 0 Å². The van der Waals surface area contributed by atoms with Crippen molar-refractivity contribution in [1.29, 1.82) is 0 Å². The maximum absolute atomic E-state index is 13.4. The number of hydrogen-bond donors (Lipinski definition) is 0. The van der Waals surface area contributed by atoms with Crippen LogP contribution in [0.3, 0.4) is 0 Å². The number of nitrogens with zero attached hydrogens (tertiary/aromatic N) is 1. The van der Waals surface area contributed by atoms with Gasteiger partial charge in [-0.3, -0.25) is 4.79 Å². The lowest BCUT2D eigenvalue weighted by Crippen LogP contribution is -2.22. The Hall–Kier alpha value is -3.34. The molecular formula is C26H18ClNO2S. The molecule has 0 aliphatic heterocycles. The largest absolute Gasteiger partial charge is 0.457 e. The van der Waals surface area contributed by atoms with E-state index in [1.165, 1.54) is 0 Å². The van der Waals surface area contributed by atoms with E-state index in [1.54, 1.807) is 22.0 Å². The second-order valence-corrected chi connectivity index (χ2v) is 8.58. The van der Waals surface area contributed by atoms with Crippen molar-refractivity contribution >= 4 is 33.7 Å². The number of halogens is 1. The van der Waals surface area contributed by atoms with Crippen LogP contribution in [0, 0.1) is 0 Å². The van der Waals surface area contributed by atoms with Crippen molar-refractivity contribution in [1.82, 2.24) is 4.57 Å². The number of benzene rings is 3. The molecule has 0 spiro atoms. The standard InChI is InChI=1S/C26H18ClNO2S/c27-23-10-4-6-19-16-24(28(26(29)25(19)23)17-22-9-5-15-31-22)18-11-13-21(14-12-18)30-20-7-2-1-3-8-20/h1-16H,17H2. The summed E-state index contributed by atoms with van der Waals surface area (Å²) >= 11 is 8.02. The molecule has 5 rings (SSSR count). The van der Waals surface area contributed by atoms with Gasteiger partial charge in [-0.1, -0.05) is 48.0 Å². The molecule has 0 radical (unpaired) electrons. The molecule has 0 bridgehead atoms. The molecule has 0 aliphatic rings. The van der Waals surface area contributed by atoms with Crippen molar-refractivity contribution in [2.24, 2.45) is 0 Å². The monoisotopic (exact) mass is 443 g/mol. The highest BCUT2D eigenvalue weighted by molar-refractivity contribution is 7.09. The molecule has 0 N–H and O–H groups in total. The van der Waals surface area contributed by atoms with Gasteiger partial charge in [-0.2, -0.15) is 0 Å². The quantitative estimate of drug-likeness (QED) is 0.287. The first-order valence-electron chi connectivity index (χ1n) is 9.87. The second kappa shape index (κ2) is 8.42. The van der Waals surface area contributed by atoms with Gasteiger partial charge in [-0.15, -0.1) is 11.3 Å². The SMILES string of the molecule is O=c1c2c(Cl)cccc2cc(-c2ccc(Oc3ccccc3)cc2)n1Cc1cccs1. The van der Waals surface area contributed by atoms with E-state index in [9.17, 15) is 4.79 Å². The third kappa shape index (κ3) is 4.00. The minimum absolute atomic E-state index is 0.0869. The lowest BCUT2D eigenvalue weighted by molar-refractivity contribution is 0.483. The molecule has 2 heterocycles. The van der Waals surface area contributed by atoms with Gasteiger partial charge in [0.15, 0.2) is 0 Å². The first-order chi connectivity index (χ1) is 15.2. The van der Waals surface area contributed by atoms with Crippen LogP contribution in [0.5, 0.6) is 11.5 Å². The summed E-state index contributed by atoms with van der Waals surface area (Å²) in [6.45, 7) is 0.495. The molecule has 0 saturated carbocycles. The maximum Gasteiger partial charge on any atom is 0.260 e. The number of aromatic nitrogens is 1. The van der Waals surface area contributed by atoms with Crippen molar-refractivity contribution in [3.63, 3.8) is 0 Å². The van der Waals surface area contributed by atoms with Gasteiger partial charge in [0.05, 0.1) is 22.6 Å². The minimum Gasteiger partial charge on any atom is -0.457 e.